The average Bonchev–Trinajstić information content (AvgIpc) is 2.63. The van der Waals surface area contributed by atoms with E-state index in [0.29, 0.717) is 24.0 Å². The van der Waals surface area contributed by atoms with E-state index < -0.39 is 0 Å². The van der Waals surface area contributed by atoms with Gasteiger partial charge in [-0.1, -0.05) is 0 Å². The van der Waals surface area contributed by atoms with Crippen LogP contribution in [0.25, 0.3) is 0 Å². The molecule has 1 heterocycles. The first-order chi connectivity index (χ1) is 7.50. The molecule has 0 aliphatic rings. The van der Waals surface area contributed by atoms with E-state index in [1.807, 2.05) is 13.8 Å². The van der Waals surface area contributed by atoms with Crippen molar-refractivity contribution in [2.45, 2.75) is 20.0 Å². The van der Waals surface area contributed by atoms with Crippen LogP contribution in [0, 0.1) is 0 Å². The number of carbonyl (C=O) groups is 1. The van der Waals surface area contributed by atoms with Gasteiger partial charge in [0.1, 0.15) is 5.69 Å². The van der Waals surface area contributed by atoms with Crippen molar-refractivity contribution in [3.05, 3.63) is 11.1 Å². The van der Waals surface area contributed by atoms with Gasteiger partial charge in [0, 0.05) is 19.0 Å². The number of anilines is 1. The first-order valence-electron chi connectivity index (χ1n) is 5.08. The van der Waals surface area contributed by atoms with E-state index in [1.165, 1.54) is 11.3 Å². The molecule has 5 nitrogen and oxygen atoms in total. The molecule has 0 atom stereocenters. The maximum Gasteiger partial charge on any atom is 0.273 e. The van der Waals surface area contributed by atoms with E-state index in [-0.39, 0.29) is 12.0 Å². The van der Waals surface area contributed by atoms with Gasteiger partial charge in [0.2, 0.25) is 0 Å². The Hall–Kier alpha value is -1.14. The van der Waals surface area contributed by atoms with E-state index in [0.717, 1.165) is 0 Å². The van der Waals surface area contributed by atoms with Crippen LogP contribution in [0.2, 0.25) is 0 Å². The predicted octanol–water partition coefficient (Wildman–Crippen LogP) is 1.22. The van der Waals surface area contributed by atoms with Gasteiger partial charge in [-0.15, -0.1) is 11.3 Å². The number of amides is 1. The fourth-order valence-electron chi connectivity index (χ4n) is 1.11. The molecule has 0 saturated carbocycles. The summed E-state index contributed by atoms with van der Waals surface area (Å²) in [4.78, 5) is 17.3. The standard InChI is InChI=1S/C10H17N3O2S/c1-7(2)15-5-4-13(3)9(14)8-6-16-10(11)12-8/h6-7H,4-5H2,1-3H3,(H2,11,12). The third-order valence-electron chi connectivity index (χ3n) is 1.97. The zero-order valence-electron chi connectivity index (χ0n) is 9.77. The van der Waals surface area contributed by atoms with E-state index in [2.05, 4.69) is 4.98 Å². The summed E-state index contributed by atoms with van der Waals surface area (Å²) in [5, 5.41) is 2.08. The minimum absolute atomic E-state index is 0.125. The third-order valence-corrected chi connectivity index (χ3v) is 2.64. The third kappa shape index (κ3) is 3.79. The predicted molar refractivity (Wildman–Crippen MR) is 64.6 cm³/mol. The smallest absolute Gasteiger partial charge is 0.273 e. The molecule has 0 fully saturated rings. The molecule has 1 aromatic heterocycles. The normalized spacial score (nSPS) is 10.8. The molecule has 0 aromatic carbocycles. The molecule has 1 rings (SSSR count). The van der Waals surface area contributed by atoms with Gasteiger partial charge in [-0.05, 0) is 13.8 Å². The van der Waals surface area contributed by atoms with Crippen molar-refractivity contribution >= 4 is 22.4 Å². The van der Waals surface area contributed by atoms with Gasteiger partial charge in [0.25, 0.3) is 5.91 Å². The Morgan fingerprint density at radius 3 is 2.88 bits per heavy atom. The average molecular weight is 243 g/mol. The van der Waals surface area contributed by atoms with Gasteiger partial charge in [-0.25, -0.2) is 4.98 Å². The number of hydrogen-bond donors (Lipinski definition) is 1. The lowest BCUT2D eigenvalue weighted by molar-refractivity contribution is 0.0529. The van der Waals surface area contributed by atoms with Crippen molar-refractivity contribution < 1.29 is 9.53 Å². The van der Waals surface area contributed by atoms with Gasteiger partial charge in [-0.3, -0.25) is 4.79 Å². The van der Waals surface area contributed by atoms with Crippen LogP contribution in [0.5, 0.6) is 0 Å². The quantitative estimate of drug-likeness (QED) is 0.844. The molecule has 1 amide bonds. The topological polar surface area (TPSA) is 68.5 Å². The Labute approximate surface area is 99.2 Å². The minimum atomic E-state index is -0.125. The number of thiazole rings is 1. The van der Waals surface area contributed by atoms with Gasteiger partial charge in [0.05, 0.1) is 12.7 Å². The van der Waals surface area contributed by atoms with Crippen LogP contribution in [0.4, 0.5) is 5.13 Å². The first-order valence-corrected chi connectivity index (χ1v) is 5.96. The highest BCUT2D eigenvalue weighted by Gasteiger charge is 2.14. The molecule has 16 heavy (non-hydrogen) atoms. The summed E-state index contributed by atoms with van der Waals surface area (Å²) in [6.45, 7) is 5.00. The fourth-order valence-corrected chi connectivity index (χ4v) is 1.65. The molecule has 0 aliphatic carbocycles. The lowest BCUT2D eigenvalue weighted by atomic mass is 10.4. The van der Waals surface area contributed by atoms with E-state index in [9.17, 15) is 4.79 Å². The molecular weight excluding hydrogens is 226 g/mol. The summed E-state index contributed by atoms with van der Waals surface area (Å²) in [5.74, 6) is -0.125. The van der Waals surface area contributed by atoms with Crippen molar-refractivity contribution in [3.8, 4) is 0 Å². The number of rotatable bonds is 5. The van der Waals surface area contributed by atoms with Crippen molar-refractivity contribution in [3.63, 3.8) is 0 Å². The van der Waals surface area contributed by atoms with Crippen molar-refractivity contribution in [1.29, 1.82) is 0 Å². The largest absolute Gasteiger partial charge is 0.377 e. The summed E-state index contributed by atoms with van der Waals surface area (Å²) in [6, 6.07) is 0. The van der Waals surface area contributed by atoms with Crippen LogP contribution in [0.1, 0.15) is 24.3 Å². The van der Waals surface area contributed by atoms with Gasteiger partial charge in [-0.2, -0.15) is 0 Å². The zero-order valence-corrected chi connectivity index (χ0v) is 10.6. The van der Waals surface area contributed by atoms with Crippen molar-refractivity contribution in [1.82, 2.24) is 9.88 Å². The summed E-state index contributed by atoms with van der Waals surface area (Å²) < 4.78 is 5.37. The van der Waals surface area contributed by atoms with E-state index >= 15 is 0 Å². The maximum atomic E-state index is 11.8. The second kappa shape index (κ2) is 5.81. The fraction of sp³-hybridized carbons (Fsp3) is 0.600. The summed E-state index contributed by atoms with van der Waals surface area (Å²) >= 11 is 1.27. The van der Waals surface area contributed by atoms with Crippen LogP contribution in [-0.2, 0) is 4.74 Å². The second-order valence-electron chi connectivity index (χ2n) is 3.72. The van der Waals surface area contributed by atoms with Crippen LogP contribution < -0.4 is 5.73 Å². The molecule has 0 saturated heterocycles. The van der Waals surface area contributed by atoms with Crippen LogP contribution in [0.3, 0.4) is 0 Å². The first kappa shape index (κ1) is 12.9. The molecule has 0 aliphatic heterocycles. The lowest BCUT2D eigenvalue weighted by Gasteiger charge is -2.16. The Morgan fingerprint density at radius 1 is 1.69 bits per heavy atom. The molecule has 90 valence electrons. The van der Waals surface area contributed by atoms with Crippen molar-refractivity contribution in [2.24, 2.45) is 0 Å². The number of nitrogens with zero attached hydrogens (tertiary/aromatic N) is 2. The van der Waals surface area contributed by atoms with Crippen LogP contribution in [0.15, 0.2) is 5.38 Å². The molecule has 1 aromatic rings. The Balaban J connectivity index is 2.42. The number of likely N-dealkylation sites (N-methyl/N-ethyl adjacent to an activating group) is 1. The highest BCUT2D eigenvalue weighted by atomic mass is 32.1. The Bertz CT molecular complexity index is 352. The highest BCUT2D eigenvalue weighted by molar-refractivity contribution is 7.13. The molecule has 0 spiro atoms. The van der Waals surface area contributed by atoms with Gasteiger partial charge in [0.15, 0.2) is 5.13 Å². The number of carbonyl (C=O) groups excluding carboxylic acids is 1. The Morgan fingerprint density at radius 2 is 2.38 bits per heavy atom. The molecule has 0 bridgehead atoms. The number of ether oxygens (including phenoxy) is 1. The van der Waals surface area contributed by atoms with Gasteiger partial charge < -0.3 is 15.4 Å². The second-order valence-corrected chi connectivity index (χ2v) is 4.61. The minimum Gasteiger partial charge on any atom is -0.377 e. The Kier molecular flexibility index (Phi) is 4.70. The SMILES string of the molecule is CC(C)OCCN(C)C(=O)c1csc(N)n1. The number of aromatic nitrogens is 1. The maximum absolute atomic E-state index is 11.8. The summed E-state index contributed by atoms with van der Waals surface area (Å²) in [5.41, 5.74) is 5.87. The summed E-state index contributed by atoms with van der Waals surface area (Å²) in [6.07, 6.45) is 0.179. The number of nitrogen functional groups attached to an aromatic ring is 1. The number of nitrogens with two attached hydrogens (primary N) is 1. The molecule has 6 heteroatoms. The lowest BCUT2D eigenvalue weighted by Crippen LogP contribution is -2.31. The summed E-state index contributed by atoms with van der Waals surface area (Å²) in [7, 11) is 1.72. The highest BCUT2D eigenvalue weighted by Crippen LogP contribution is 2.12. The van der Waals surface area contributed by atoms with E-state index in [4.69, 9.17) is 10.5 Å². The van der Waals surface area contributed by atoms with Gasteiger partial charge >= 0.3 is 0 Å². The molecule has 0 unspecified atom stereocenters. The zero-order chi connectivity index (χ0) is 12.1. The van der Waals surface area contributed by atoms with Crippen LogP contribution in [-0.4, -0.2) is 42.1 Å². The molecule has 0 radical (unpaired) electrons. The van der Waals surface area contributed by atoms with Crippen LogP contribution >= 0.6 is 11.3 Å². The van der Waals surface area contributed by atoms with Crippen molar-refractivity contribution in [2.75, 3.05) is 25.9 Å². The number of hydrogen-bond acceptors (Lipinski definition) is 5. The van der Waals surface area contributed by atoms with E-state index in [1.54, 1.807) is 17.3 Å². The monoisotopic (exact) mass is 243 g/mol. The molecular formula is C10H17N3O2S. The molecule has 2 N–H and O–H groups in total.